The van der Waals surface area contributed by atoms with Gasteiger partial charge in [-0.15, -0.1) is 0 Å². The van der Waals surface area contributed by atoms with Crippen molar-refractivity contribution < 1.29 is 20.1 Å². The first-order chi connectivity index (χ1) is 19.7. The maximum atomic E-state index is 11.7. The van der Waals surface area contributed by atoms with E-state index in [2.05, 4.69) is 80.2 Å². The minimum absolute atomic E-state index is 0.0375. The summed E-state index contributed by atoms with van der Waals surface area (Å²) in [6.07, 6.45) is 6.86. The second-order valence-corrected chi connectivity index (χ2v) is 13.1. The van der Waals surface area contributed by atoms with Gasteiger partial charge in [0.2, 0.25) is 0 Å². The van der Waals surface area contributed by atoms with E-state index in [1.54, 1.807) is 6.07 Å². The fourth-order valence-corrected chi connectivity index (χ4v) is 9.07. The van der Waals surface area contributed by atoms with Crippen molar-refractivity contribution in [2.45, 2.75) is 62.6 Å². The molecule has 5 aliphatic rings. The van der Waals surface area contributed by atoms with Gasteiger partial charge < -0.3 is 25.0 Å². The molecule has 3 aromatic carbocycles. The van der Waals surface area contributed by atoms with Gasteiger partial charge in [0.25, 0.3) is 0 Å². The van der Waals surface area contributed by atoms with E-state index in [1.165, 1.54) is 16.7 Å². The fourth-order valence-electron chi connectivity index (χ4n) is 9.07. The van der Waals surface area contributed by atoms with Crippen LogP contribution in [0.4, 0.5) is 0 Å². The standard InChI is InChI=1S/C35H38N2O4/c1-5-36(3)25-16-19-9-12-27(38)33-30(19)35(2)24(25)11-10-21(34(35)41-33)23-15-20-17-26-28-18(13-14-37(26)4)7-6-8-22(28)29(20)32(40)31(23)39/h6-12,15,21,24-26,34,38-40H,5,13-14,16-17H2,1-4H3/t21-,24?,25-,26-,34+,35?/m1/s1. The van der Waals surface area contributed by atoms with Crippen molar-refractivity contribution in [2.75, 3.05) is 27.2 Å². The van der Waals surface area contributed by atoms with Gasteiger partial charge in [0.15, 0.2) is 23.0 Å². The van der Waals surface area contributed by atoms with Crippen molar-refractivity contribution in [3.63, 3.8) is 0 Å². The number of rotatable bonds is 3. The summed E-state index contributed by atoms with van der Waals surface area (Å²) >= 11 is 0. The molecule has 0 radical (unpaired) electrons. The van der Waals surface area contributed by atoms with Crippen molar-refractivity contribution in [1.82, 2.24) is 9.80 Å². The van der Waals surface area contributed by atoms with Crippen molar-refractivity contribution >= 4 is 0 Å². The van der Waals surface area contributed by atoms with Crippen molar-refractivity contribution in [3.8, 4) is 34.1 Å². The summed E-state index contributed by atoms with van der Waals surface area (Å²) in [4.78, 5) is 4.83. The van der Waals surface area contributed by atoms with Crippen LogP contribution >= 0.6 is 0 Å². The summed E-state index contributed by atoms with van der Waals surface area (Å²) in [6.45, 7) is 6.41. The molecule has 6 atom stereocenters. The van der Waals surface area contributed by atoms with E-state index in [-0.39, 0.29) is 41.2 Å². The second kappa shape index (κ2) is 8.52. The summed E-state index contributed by atoms with van der Waals surface area (Å²) in [5.41, 5.74) is 8.11. The largest absolute Gasteiger partial charge is 0.504 e. The van der Waals surface area contributed by atoms with Gasteiger partial charge in [0.05, 0.1) is 0 Å². The highest BCUT2D eigenvalue weighted by molar-refractivity contribution is 5.83. The van der Waals surface area contributed by atoms with Crippen LogP contribution in [0, 0.1) is 5.92 Å². The molecule has 212 valence electrons. The SMILES string of the molecule is CCN(C)[C@@H]1Cc2ccc(O)c3c2C2(C)C1C=C[C@H](c1cc4c(c(O)c1O)-c1cccc5c1[C@@H](C4)N(C)CC5)[C@@H]2O3. The Kier molecular flexibility index (Phi) is 5.25. The minimum atomic E-state index is -0.391. The molecule has 0 aromatic heterocycles. The van der Waals surface area contributed by atoms with Crippen molar-refractivity contribution in [1.29, 1.82) is 0 Å². The zero-order valence-corrected chi connectivity index (χ0v) is 24.2. The molecule has 3 aliphatic carbocycles. The monoisotopic (exact) mass is 550 g/mol. The third kappa shape index (κ3) is 3.15. The first kappa shape index (κ1) is 25.2. The number of phenols is 3. The summed E-state index contributed by atoms with van der Waals surface area (Å²) in [5.74, 6) is 0.559. The molecule has 3 N–H and O–H groups in total. The fraction of sp³-hybridized carbons (Fsp3) is 0.429. The molecule has 6 nitrogen and oxygen atoms in total. The van der Waals surface area contributed by atoms with Crippen LogP contribution in [0.1, 0.15) is 59.2 Å². The Morgan fingerprint density at radius 3 is 2.66 bits per heavy atom. The highest BCUT2D eigenvalue weighted by Gasteiger charge is 2.60. The molecular weight excluding hydrogens is 512 g/mol. The third-order valence-electron chi connectivity index (χ3n) is 11.3. The molecule has 0 fully saturated rings. The van der Waals surface area contributed by atoms with Gasteiger partial charge in [0.1, 0.15) is 6.10 Å². The highest BCUT2D eigenvalue weighted by atomic mass is 16.5. The number of likely N-dealkylation sites (N-methyl/N-ethyl adjacent to an activating group) is 2. The molecule has 2 aliphatic heterocycles. The number of fused-ring (bicyclic) bond motifs is 2. The second-order valence-electron chi connectivity index (χ2n) is 13.1. The zero-order valence-electron chi connectivity index (χ0n) is 24.2. The molecule has 6 heteroatoms. The quantitative estimate of drug-likeness (QED) is 0.299. The number of nitrogens with zero attached hydrogens (tertiary/aromatic N) is 2. The van der Waals surface area contributed by atoms with Crippen LogP contribution in [0.5, 0.6) is 23.0 Å². The summed E-state index contributed by atoms with van der Waals surface area (Å²) in [6, 6.07) is 12.8. The first-order valence-corrected chi connectivity index (χ1v) is 15.0. The molecule has 3 aromatic rings. The molecule has 0 saturated carbocycles. The average molecular weight is 551 g/mol. The third-order valence-corrected chi connectivity index (χ3v) is 11.3. The van der Waals surface area contributed by atoms with Crippen LogP contribution < -0.4 is 4.74 Å². The molecular formula is C35H38N2O4. The number of aromatic hydroxyl groups is 3. The van der Waals surface area contributed by atoms with Gasteiger partial charge in [-0.1, -0.05) is 56.3 Å². The Hall–Kier alpha value is -3.48. The number of benzene rings is 3. The Balaban J connectivity index is 1.30. The smallest absolute Gasteiger partial charge is 0.166 e. The predicted molar refractivity (Wildman–Crippen MR) is 159 cm³/mol. The van der Waals surface area contributed by atoms with Crippen molar-refractivity contribution in [3.05, 3.63) is 81.9 Å². The van der Waals surface area contributed by atoms with Crippen LogP contribution in [0.25, 0.3) is 11.1 Å². The van der Waals surface area contributed by atoms with E-state index >= 15 is 0 Å². The summed E-state index contributed by atoms with van der Waals surface area (Å²) in [7, 11) is 4.37. The lowest BCUT2D eigenvalue weighted by molar-refractivity contribution is 0.0532. The van der Waals surface area contributed by atoms with Gasteiger partial charge in [0, 0.05) is 52.6 Å². The lowest BCUT2D eigenvalue weighted by Gasteiger charge is -2.51. The van der Waals surface area contributed by atoms with E-state index in [9.17, 15) is 15.3 Å². The normalized spacial score (nSPS) is 30.5. The van der Waals surface area contributed by atoms with Crippen LogP contribution in [0.3, 0.4) is 0 Å². The van der Waals surface area contributed by atoms with Crippen LogP contribution in [0.15, 0.2) is 48.6 Å². The van der Waals surface area contributed by atoms with Gasteiger partial charge in [-0.25, -0.2) is 0 Å². The summed E-state index contributed by atoms with van der Waals surface area (Å²) in [5, 5.41) is 34.2. The molecule has 0 bridgehead atoms. The van der Waals surface area contributed by atoms with E-state index in [0.29, 0.717) is 17.4 Å². The van der Waals surface area contributed by atoms with E-state index in [1.807, 2.05) is 0 Å². The number of ether oxygens (including phenoxy) is 1. The van der Waals surface area contributed by atoms with Gasteiger partial charge in [-0.3, -0.25) is 4.90 Å². The lowest BCUT2D eigenvalue weighted by Crippen LogP contribution is -2.57. The van der Waals surface area contributed by atoms with Crippen molar-refractivity contribution in [2.24, 2.45) is 5.92 Å². The lowest BCUT2D eigenvalue weighted by atomic mass is 9.55. The van der Waals surface area contributed by atoms with E-state index in [0.717, 1.165) is 54.6 Å². The van der Waals surface area contributed by atoms with Gasteiger partial charge in [-0.05, 0) is 73.8 Å². The Bertz CT molecular complexity index is 1650. The molecule has 0 saturated heterocycles. The van der Waals surface area contributed by atoms with Crippen LogP contribution in [-0.4, -0.2) is 64.5 Å². The maximum absolute atomic E-state index is 11.7. The van der Waals surface area contributed by atoms with E-state index in [4.69, 9.17) is 4.74 Å². The predicted octanol–water partition coefficient (Wildman–Crippen LogP) is 5.42. The zero-order chi connectivity index (χ0) is 28.4. The number of phenolic OH excluding ortho intramolecular Hbond substituents is 3. The van der Waals surface area contributed by atoms with Gasteiger partial charge >= 0.3 is 0 Å². The molecule has 0 spiro atoms. The maximum Gasteiger partial charge on any atom is 0.166 e. The highest BCUT2D eigenvalue weighted by Crippen LogP contribution is 2.63. The number of hydrogen-bond donors (Lipinski definition) is 3. The topological polar surface area (TPSA) is 76.4 Å². The molecule has 0 amide bonds. The Morgan fingerprint density at radius 1 is 1.02 bits per heavy atom. The van der Waals surface area contributed by atoms with Crippen LogP contribution in [-0.2, 0) is 24.7 Å². The number of hydrogen-bond acceptors (Lipinski definition) is 6. The Morgan fingerprint density at radius 2 is 1.85 bits per heavy atom. The van der Waals surface area contributed by atoms with Crippen LogP contribution in [0.2, 0.25) is 0 Å². The Labute approximate surface area is 241 Å². The average Bonchev–Trinajstić information content (AvgIpc) is 3.30. The molecule has 2 unspecified atom stereocenters. The molecule has 41 heavy (non-hydrogen) atoms. The first-order valence-electron chi connectivity index (χ1n) is 15.0. The van der Waals surface area contributed by atoms with E-state index < -0.39 is 5.41 Å². The summed E-state index contributed by atoms with van der Waals surface area (Å²) < 4.78 is 6.72. The minimum Gasteiger partial charge on any atom is -0.504 e. The van der Waals surface area contributed by atoms with Gasteiger partial charge in [-0.2, -0.15) is 0 Å². The molecule has 2 heterocycles. The molecule has 8 rings (SSSR count).